The van der Waals surface area contributed by atoms with E-state index in [4.69, 9.17) is 9.84 Å². The van der Waals surface area contributed by atoms with Crippen molar-refractivity contribution in [2.45, 2.75) is 51.6 Å². The van der Waals surface area contributed by atoms with Crippen LogP contribution >= 0.6 is 0 Å². The molecule has 4 aliphatic carbocycles. The van der Waals surface area contributed by atoms with Crippen LogP contribution in [-0.4, -0.2) is 29.1 Å². The summed E-state index contributed by atoms with van der Waals surface area (Å²) in [7, 11) is 0. The molecule has 0 aromatic heterocycles. The van der Waals surface area contributed by atoms with E-state index in [9.17, 15) is 14.4 Å². The SMILES string of the molecule is CC1=C(C(=O)OC2C3CC4CC(C3)CC2C4)[C@H](CC(=O)O)C(=O)N1. The summed E-state index contributed by atoms with van der Waals surface area (Å²) in [5.41, 5.74) is 0.635. The molecule has 0 saturated heterocycles. The molecule has 130 valence electrons. The van der Waals surface area contributed by atoms with Crippen LogP contribution < -0.4 is 5.32 Å². The minimum absolute atomic E-state index is 0.0632. The van der Waals surface area contributed by atoms with Gasteiger partial charge in [0.1, 0.15) is 6.10 Å². The fourth-order valence-electron chi connectivity index (χ4n) is 5.65. The number of carboxylic acid groups (broad SMARTS) is 1. The van der Waals surface area contributed by atoms with Gasteiger partial charge in [-0.2, -0.15) is 0 Å². The number of amides is 1. The van der Waals surface area contributed by atoms with Crippen molar-refractivity contribution in [2.24, 2.45) is 29.6 Å². The fraction of sp³-hybridized carbons (Fsp3) is 0.722. The summed E-state index contributed by atoms with van der Waals surface area (Å²) < 4.78 is 5.86. The summed E-state index contributed by atoms with van der Waals surface area (Å²) in [6, 6.07) is 0. The zero-order valence-corrected chi connectivity index (χ0v) is 13.8. The van der Waals surface area contributed by atoms with E-state index in [1.807, 2.05) is 0 Å². The van der Waals surface area contributed by atoms with Crippen LogP contribution in [0.5, 0.6) is 0 Å². The van der Waals surface area contributed by atoms with Gasteiger partial charge in [0.25, 0.3) is 0 Å². The number of carbonyl (C=O) groups excluding carboxylic acids is 2. The third kappa shape index (κ3) is 2.52. The van der Waals surface area contributed by atoms with Crippen molar-refractivity contribution in [1.29, 1.82) is 0 Å². The van der Waals surface area contributed by atoms with Gasteiger partial charge in [-0.15, -0.1) is 0 Å². The molecule has 0 radical (unpaired) electrons. The van der Waals surface area contributed by atoms with Crippen molar-refractivity contribution in [3.63, 3.8) is 0 Å². The number of esters is 1. The van der Waals surface area contributed by atoms with E-state index in [1.165, 1.54) is 6.42 Å². The summed E-state index contributed by atoms with van der Waals surface area (Å²) in [5, 5.41) is 11.6. The maximum atomic E-state index is 12.7. The van der Waals surface area contributed by atoms with Gasteiger partial charge in [0.05, 0.1) is 17.9 Å². The van der Waals surface area contributed by atoms with E-state index in [-0.39, 0.29) is 18.1 Å². The van der Waals surface area contributed by atoms with Crippen LogP contribution in [0, 0.1) is 29.6 Å². The molecule has 5 aliphatic rings. The van der Waals surface area contributed by atoms with Crippen LogP contribution in [-0.2, 0) is 19.1 Å². The number of carbonyl (C=O) groups is 3. The first-order valence-electron chi connectivity index (χ1n) is 8.86. The zero-order valence-electron chi connectivity index (χ0n) is 13.8. The molecule has 4 bridgehead atoms. The highest BCUT2D eigenvalue weighted by Crippen LogP contribution is 2.54. The number of hydrogen-bond donors (Lipinski definition) is 2. The largest absolute Gasteiger partial charge is 0.481 e. The molecule has 0 spiro atoms. The maximum Gasteiger partial charge on any atom is 0.336 e. The van der Waals surface area contributed by atoms with Gasteiger partial charge in [-0.3, -0.25) is 9.59 Å². The van der Waals surface area contributed by atoms with Gasteiger partial charge in [-0.05, 0) is 62.7 Å². The van der Waals surface area contributed by atoms with Crippen molar-refractivity contribution < 1.29 is 24.2 Å². The van der Waals surface area contributed by atoms with E-state index in [0.717, 1.165) is 37.5 Å². The molecule has 0 unspecified atom stereocenters. The Morgan fingerprint density at radius 3 is 2.25 bits per heavy atom. The molecule has 1 atom stereocenters. The predicted octanol–water partition coefficient (Wildman–Crippen LogP) is 1.85. The molecule has 6 heteroatoms. The Labute approximate surface area is 140 Å². The molecule has 1 amide bonds. The van der Waals surface area contributed by atoms with Crippen molar-refractivity contribution in [3.05, 3.63) is 11.3 Å². The van der Waals surface area contributed by atoms with E-state index in [0.29, 0.717) is 17.5 Å². The van der Waals surface area contributed by atoms with Crippen LogP contribution in [0.2, 0.25) is 0 Å². The Morgan fingerprint density at radius 2 is 1.71 bits per heavy atom. The van der Waals surface area contributed by atoms with Gasteiger partial charge in [0.15, 0.2) is 0 Å². The second-order valence-electron chi connectivity index (χ2n) is 7.98. The van der Waals surface area contributed by atoms with Gasteiger partial charge in [0, 0.05) is 5.70 Å². The second kappa shape index (κ2) is 5.60. The minimum atomic E-state index is -1.09. The van der Waals surface area contributed by atoms with Gasteiger partial charge >= 0.3 is 11.9 Å². The van der Waals surface area contributed by atoms with Crippen molar-refractivity contribution in [3.8, 4) is 0 Å². The van der Waals surface area contributed by atoms with Crippen LogP contribution in [0.4, 0.5) is 0 Å². The normalized spacial score (nSPS) is 40.0. The molecular formula is C18H23NO5. The molecule has 6 nitrogen and oxygen atoms in total. The highest BCUT2D eigenvalue weighted by molar-refractivity contribution is 6.03. The van der Waals surface area contributed by atoms with E-state index < -0.39 is 23.8 Å². The lowest BCUT2D eigenvalue weighted by Gasteiger charge is -2.53. The predicted molar refractivity (Wildman–Crippen MR) is 83.5 cm³/mol. The first kappa shape index (κ1) is 15.7. The Kier molecular flexibility index (Phi) is 3.66. The van der Waals surface area contributed by atoms with Gasteiger partial charge in [-0.1, -0.05) is 0 Å². The first-order valence-corrected chi connectivity index (χ1v) is 8.86. The van der Waals surface area contributed by atoms with Crippen LogP contribution in [0.1, 0.15) is 45.4 Å². The van der Waals surface area contributed by atoms with E-state index in [2.05, 4.69) is 5.32 Å². The maximum absolute atomic E-state index is 12.7. The Hall–Kier alpha value is -1.85. The molecular weight excluding hydrogens is 310 g/mol. The Morgan fingerprint density at radius 1 is 1.12 bits per heavy atom. The zero-order chi connectivity index (χ0) is 17.0. The lowest BCUT2D eigenvalue weighted by Crippen LogP contribution is -2.50. The summed E-state index contributed by atoms with van der Waals surface area (Å²) in [6.45, 7) is 1.63. The van der Waals surface area contributed by atoms with Crippen molar-refractivity contribution in [2.75, 3.05) is 0 Å². The quantitative estimate of drug-likeness (QED) is 0.766. The number of nitrogens with one attached hydrogen (secondary N) is 1. The molecule has 4 fully saturated rings. The molecule has 4 saturated carbocycles. The summed E-state index contributed by atoms with van der Waals surface area (Å²) >= 11 is 0. The lowest BCUT2D eigenvalue weighted by molar-refractivity contribution is -0.167. The van der Waals surface area contributed by atoms with Crippen molar-refractivity contribution >= 4 is 17.8 Å². The Bertz CT molecular complexity index is 609. The number of rotatable bonds is 4. The van der Waals surface area contributed by atoms with Gasteiger partial charge in [0.2, 0.25) is 5.91 Å². The summed E-state index contributed by atoms with van der Waals surface area (Å²) in [5.74, 6) is -0.503. The molecule has 1 aliphatic heterocycles. The third-order valence-electron chi connectivity index (χ3n) is 6.36. The molecule has 0 aromatic carbocycles. The number of allylic oxidation sites excluding steroid dienone is 1. The summed E-state index contributed by atoms with van der Waals surface area (Å²) in [4.78, 5) is 35.7. The molecule has 5 rings (SSSR count). The number of carboxylic acids is 1. The molecule has 1 heterocycles. The van der Waals surface area contributed by atoms with Crippen LogP contribution in [0.15, 0.2) is 11.3 Å². The molecule has 0 aromatic rings. The second-order valence-corrected chi connectivity index (χ2v) is 7.98. The average molecular weight is 333 g/mol. The van der Waals surface area contributed by atoms with Crippen LogP contribution in [0.25, 0.3) is 0 Å². The monoisotopic (exact) mass is 333 g/mol. The first-order chi connectivity index (χ1) is 11.4. The number of aliphatic carboxylic acids is 1. The summed E-state index contributed by atoms with van der Waals surface area (Å²) in [6.07, 6.45) is 5.44. The standard InChI is InChI=1S/C18H23NO5/c1-8-15(13(7-14(20)21)17(22)19-8)18(23)24-16-11-3-9-2-10(5-11)6-12(16)4-9/h9-13,16H,2-7H2,1H3,(H,19,22)(H,20,21)/t9?,10?,11?,12?,13-,16?/m0/s1. The Balaban J connectivity index is 1.50. The number of ether oxygens (including phenoxy) is 1. The van der Waals surface area contributed by atoms with Gasteiger partial charge < -0.3 is 15.2 Å². The third-order valence-corrected chi connectivity index (χ3v) is 6.36. The van der Waals surface area contributed by atoms with Gasteiger partial charge in [-0.25, -0.2) is 4.79 Å². The topological polar surface area (TPSA) is 92.7 Å². The van der Waals surface area contributed by atoms with E-state index in [1.54, 1.807) is 6.92 Å². The van der Waals surface area contributed by atoms with Crippen molar-refractivity contribution in [1.82, 2.24) is 5.32 Å². The van der Waals surface area contributed by atoms with E-state index >= 15 is 0 Å². The smallest absolute Gasteiger partial charge is 0.336 e. The highest BCUT2D eigenvalue weighted by Gasteiger charge is 2.50. The van der Waals surface area contributed by atoms with Crippen LogP contribution in [0.3, 0.4) is 0 Å². The molecule has 24 heavy (non-hydrogen) atoms. The molecule has 2 N–H and O–H groups in total. The highest BCUT2D eigenvalue weighted by atomic mass is 16.5. The average Bonchev–Trinajstić information content (AvgIpc) is 2.75. The lowest BCUT2D eigenvalue weighted by atomic mass is 9.55. The number of hydrogen-bond acceptors (Lipinski definition) is 4. The fourth-order valence-corrected chi connectivity index (χ4v) is 5.65. The minimum Gasteiger partial charge on any atom is -0.481 e.